The van der Waals surface area contributed by atoms with E-state index in [-0.39, 0.29) is 5.82 Å². The molecule has 2 rings (SSSR count). The van der Waals surface area contributed by atoms with Crippen LogP contribution in [0.1, 0.15) is 12.5 Å². The lowest BCUT2D eigenvalue weighted by atomic mass is 10.1. The molecule has 1 aromatic heterocycles. The van der Waals surface area contributed by atoms with E-state index in [1.165, 1.54) is 17.4 Å². The van der Waals surface area contributed by atoms with Crippen LogP contribution in [0.4, 0.5) is 10.1 Å². The summed E-state index contributed by atoms with van der Waals surface area (Å²) in [6.45, 7) is 2.03. The van der Waals surface area contributed by atoms with Gasteiger partial charge in [-0.2, -0.15) is 0 Å². The third-order valence-corrected chi connectivity index (χ3v) is 3.11. The number of nitrogens with two attached hydrogens (primary N) is 1. The van der Waals surface area contributed by atoms with Crippen LogP contribution in [-0.4, -0.2) is 0 Å². The normalized spacial score (nSPS) is 10.9. The number of halogens is 1. The third kappa shape index (κ3) is 1.20. The van der Waals surface area contributed by atoms with Gasteiger partial charge < -0.3 is 5.73 Å². The first-order valence-electron chi connectivity index (χ1n) is 4.18. The second kappa shape index (κ2) is 3.00. The second-order valence-electron chi connectivity index (χ2n) is 2.94. The first-order valence-corrected chi connectivity index (χ1v) is 5.06. The number of anilines is 1. The predicted molar refractivity (Wildman–Crippen MR) is 55.6 cm³/mol. The van der Waals surface area contributed by atoms with Crippen LogP contribution in [0.2, 0.25) is 0 Å². The molecular formula is C10H10FNS. The summed E-state index contributed by atoms with van der Waals surface area (Å²) in [6, 6.07) is 3.34. The smallest absolute Gasteiger partial charge is 0.143 e. The first-order chi connectivity index (χ1) is 6.24. The van der Waals surface area contributed by atoms with Crippen molar-refractivity contribution < 1.29 is 4.39 Å². The molecule has 0 radical (unpaired) electrons. The Morgan fingerprint density at radius 1 is 1.54 bits per heavy atom. The molecule has 0 bridgehead atoms. The minimum atomic E-state index is -0.209. The van der Waals surface area contributed by atoms with Gasteiger partial charge in [-0.05, 0) is 29.5 Å². The molecule has 0 aliphatic carbocycles. The van der Waals surface area contributed by atoms with Crippen molar-refractivity contribution >= 4 is 27.1 Å². The lowest BCUT2D eigenvalue weighted by molar-refractivity contribution is 0.642. The SMILES string of the molecule is CCc1c(N)cc(F)c2sccc12. The number of hydrogen-bond acceptors (Lipinski definition) is 2. The van der Waals surface area contributed by atoms with Gasteiger partial charge in [0.1, 0.15) is 5.82 Å². The molecule has 0 atom stereocenters. The Balaban J connectivity index is 2.88. The monoisotopic (exact) mass is 195 g/mol. The molecule has 1 heterocycles. The van der Waals surface area contributed by atoms with Crippen molar-refractivity contribution in [3.05, 3.63) is 28.9 Å². The van der Waals surface area contributed by atoms with Gasteiger partial charge in [-0.25, -0.2) is 4.39 Å². The van der Waals surface area contributed by atoms with Gasteiger partial charge in [0.15, 0.2) is 0 Å². The summed E-state index contributed by atoms with van der Waals surface area (Å²) in [7, 11) is 0. The van der Waals surface area contributed by atoms with Crippen LogP contribution in [0.25, 0.3) is 10.1 Å². The lowest BCUT2D eigenvalue weighted by Crippen LogP contribution is -1.94. The van der Waals surface area contributed by atoms with Crippen LogP contribution in [0.15, 0.2) is 17.5 Å². The van der Waals surface area contributed by atoms with Crippen LogP contribution < -0.4 is 5.73 Å². The Morgan fingerprint density at radius 2 is 2.31 bits per heavy atom. The number of nitrogen functional groups attached to an aromatic ring is 1. The third-order valence-electron chi connectivity index (χ3n) is 2.19. The number of thiophene rings is 1. The molecule has 1 aromatic carbocycles. The van der Waals surface area contributed by atoms with Gasteiger partial charge >= 0.3 is 0 Å². The van der Waals surface area contributed by atoms with Crippen LogP contribution >= 0.6 is 11.3 Å². The van der Waals surface area contributed by atoms with Crippen LogP contribution in [0.3, 0.4) is 0 Å². The van der Waals surface area contributed by atoms with E-state index < -0.39 is 0 Å². The van der Waals surface area contributed by atoms with E-state index in [0.29, 0.717) is 10.4 Å². The summed E-state index contributed by atoms with van der Waals surface area (Å²) in [5, 5.41) is 2.86. The van der Waals surface area contributed by atoms with Gasteiger partial charge in [0, 0.05) is 11.1 Å². The number of hydrogen-bond donors (Lipinski definition) is 1. The molecule has 3 heteroatoms. The average molecular weight is 195 g/mol. The number of benzene rings is 1. The highest BCUT2D eigenvalue weighted by molar-refractivity contribution is 7.17. The Labute approximate surface area is 80.0 Å². The quantitative estimate of drug-likeness (QED) is 0.695. The Hall–Kier alpha value is -1.09. The fourth-order valence-electron chi connectivity index (χ4n) is 1.57. The topological polar surface area (TPSA) is 26.0 Å². The number of fused-ring (bicyclic) bond motifs is 1. The number of aryl methyl sites for hydroxylation is 1. The van der Waals surface area contributed by atoms with Crippen molar-refractivity contribution in [1.29, 1.82) is 0 Å². The Kier molecular flexibility index (Phi) is 1.96. The highest BCUT2D eigenvalue weighted by Gasteiger charge is 2.09. The molecule has 0 amide bonds. The molecule has 0 saturated heterocycles. The molecule has 0 aliphatic rings. The maximum absolute atomic E-state index is 13.3. The van der Waals surface area contributed by atoms with E-state index in [1.54, 1.807) is 0 Å². The van der Waals surface area contributed by atoms with E-state index in [4.69, 9.17) is 5.73 Å². The lowest BCUT2D eigenvalue weighted by Gasteiger charge is -2.04. The average Bonchev–Trinajstić information content (AvgIpc) is 2.53. The van der Waals surface area contributed by atoms with Gasteiger partial charge in [-0.1, -0.05) is 6.92 Å². The number of rotatable bonds is 1. The maximum atomic E-state index is 13.3. The van der Waals surface area contributed by atoms with Crippen molar-refractivity contribution in [3.8, 4) is 0 Å². The van der Waals surface area contributed by atoms with Crippen LogP contribution in [0, 0.1) is 5.82 Å². The molecule has 0 aliphatic heterocycles. The van der Waals surface area contributed by atoms with Crippen molar-refractivity contribution in [3.63, 3.8) is 0 Å². The van der Waals surface area contributed by atoms with Gasteiger partial charge in [0.2, 0.25) is 0 Å². The molecule has 0 spiro atoms. The summed E-state index contributed by atoms with van der Waals surface area (Å²) >= 11 is 1.42. The van der Waals surface area contributed by atoms with Gasteiger partial charge in [0.25, 0.3) is 0 Å². The minimum Gasteiger partial charge on any atom is -0.398 e. The molecule has 0 unspecified atom stereocenters. The van der Waals surface area contributed by atoms with E-state index in [9.17, 15) is 4.39 Å². The second-order valence-corrected chi connectivity index (χ2v) is 3.86. The Morgan fingerprint density at radius 3 is 3.00 bits per heavy atom. The molecule has 2 N–H and O–H groups in total. The summed E-state index contributed by atoms with van der Waals surface area (Å²) in [5.74, 6) is -0.209. The zero-order valence-electron chi connectivity index (χ0n) is 7.30. The van der Waals surface area contributed by atoms with Crippen molar-refractivity contribution in [2.24, 2.45) is 0 Å². The standard InChI is InChI=1S/C10H10FNS/c1-2-6-7-3-4-13-10(7)8(11)5-9(6)12/h3-5H,2,12H2,1H3. The Bertz CT molecular complexity index is 447. The van der Waals surface area contributed by atoms with E-state index in [1.807, 2.05) is 18.4 Å². The molecule has 13 heavy (non-hydrogen) atoms. The summed E-state index contributed by atoms with van der Waals surface area (Å²) in [6.07, 6.45) is 0.847. The predicted octanol–water partition coefficient (Wildman–Crippen LogP) is 3.19. The highest BCUT2D eigenvalue weighted by atomic mass is 32.1. The zero-order valence-corrected chi connectivity index (χ0v) is 8.12. The molecular weight excluding hydrogens is 185 g/mol. The largest absolute Gasteiger partial charge is 0.398 e. The fraction of sp³-hybridized carbons (Fsp3) is 0.200. The fourth-order valence-corrected chi connectivity index (χ4v) is 2.40. The van der Waals surface area contributed by atoms with Gasteiger partial charge in [-0.15, -0.1) is 11.3 Å². The van der Waals surface area contributed by atoms with Crippen molar-refractivity contribution in [2.75, 3.05) is 5.73 Å². The summed E-state index contributed by atoms with van der Waals surface area (Å²) in [4.78, 5) is 0. The van der Waals surface area contributed by atoms with E-state index in [2.05, 4.69) is 0 Å². The minimum absolute atomic E-state index is 0.209. The van der Waals surface area contributed by atoms with Gasteiger partial charge in [0.05, 0.1) is 4.70 Å². The maximum Gasteiger partial charge on any atom is 0.143 e. The highest BCUT2D eigenvalue weighted by Crippen LogP contribution is 2.31. The van der Waals surface area contributed by atoms with Gasteiger partial charge in [-0.3, -0.25) is 0 Å². The van der Waals surface area contributed by atoms with E-state index >= 15 is 0 Å². The zero-order chi connectivity index (χ0) is 9.42. The van der Waals surface area contributed by atoms with Crippen molar-refractivity contribution in [2.45, 2.75) is 13.3 Å². The summed E-state index contributed by atoms with van der Waals surface area (Å²) < 4.78 is 14.0. The summed E-state index contributed by atoms with van der Waals surface area (Å²) in [5.41, 5.74) is 7.34. The molecule has 2 aromatic rings. The van der Waals surface area contributed by atoms with Crippen LogP contribution in [0.5, 0.6) is 0 Å². The molecule has 0 fully saturated rings. The molecule has 0 saturated carbocycles. The van der Waals surface area contributed by atoms with Crippen molar-refractivity contribution in [1.82, 2.24) is 0 Å². The molecule has 1 nitrogen and oxygen atoms in total. The van der Waals surface area contributed by atoms with Crippen LogP contribution in [-0.2, 0) is 6.42 Å². The first kappa shape index (κ1) is 8.51. The van der Waals surface area contributed by atoms with E-state index in [0.717, 1.165) is 17.4 Å². The molecule has 68 valence electrons.